The van der Waals surface area contributed by atoms with Crippen LogP contribution in [0.15, 0.2) is 35.5 Å². The minimum absolute atomic E-state index is 0.259. The van der Waals surface area contributed by atoms with Gasteiger partial charge in [-0.25, -0.2) is 8.42 Å². The first kappa shape index (κ1) is 13.0. The predicted molar refractivity (Wildman–Crippen MR) is 77.3 cm³/mol. The summed E-state index contributed by atoms with van der Waals surface area (Å²) in [6.07, 6.45) is 5.16. The highest BCUT2D eigenvalue weighted by Gasteiger charge is 2.18. The zero-order valence-electron chi connectivity index (χ0n) is 11.1. The van der Waals surface area contributed by atoms with E-state index in [4.69, 9.17) is 0 Å². The average Bonchev–Trinajstić information content (AvgIpc) is 2.83. The smallest absolute Gasteiger partial charge is 0.262 e. The van der Waals surface area contributed by atoms with Crippen molar-refractivity contribution in [2.75, 3.05) is 16.6 Å². The Balaban J connectivity index is 1.91. The van der Waals surface area contributed by atoms with Gasteiger partial charge in [0, 0.05) is 25.5 Å². The van der Waals surface area contributed by atoms with E-state index in [1.807, 2.05) is 6.07 Å². The molecular formula is C13H16N4O2S. The average molecular weight is 292 g/mol. The maximum Gasteiger partial charge on any atom is 0.262 e. The van der Waals surface area contributed by atoms with Gasteiger partial charge in [-0.05, 0) is 30.5 Å². The Morgan fingerprint density at radius 1 is 1.40 bits per heavy atom. The van der Waals surface area contributed by atoms with Crippen LogP contribution in [-0.2, 0) is 23.5 Å². The molecule has 1 aliphatic rings. The lowest BCUT2D eigenvalue weighted by Gasteiger charge is -2.18. The fourth-order valence-corrected chi connectivity index (χ4v) is 3.35. The second kappa shape index (κ2) is 4.82. The number of fused-ring (bicyclic) bond motifs is 1. The SMILES string of the molecule is Cn1cc(NS(=O)(=O)c2ccc3c(c2)NCCC3)cn1. The van der Waals surface area contributed by atoms with E-state index < -0.39 is 10.0 Å². The maximum atomic E-state index is 12.3. The van der Waals surface area contributed by atoms with Gasteiger partial charge in [-0.15, -0.1) is 0 Å². The first-order valence-corrected chi connectivity index (χ1v) is 7.91. The van der Waals surface area contributed by atoms with Crippen LogP contribution in [0.1, 0.15) is 12.0 Å². The van der Waals surface area contributed by atoms with E-state index in [1.54, 1.807) is 30.1 Å². The molecule has 2 aromatic rings. The van der Waals surface area contributed by atoms with Gasteiger partial charge in [0.1, 0.15) is 0 Å². The molecular weight excluding hydrogens is 276 g/mol. The number of anilines is 2. The van der Waals surface area contributed by atoms with Crippen molar-refractivity contribution in [2.24, 2.45) is 7.05 Å². The van der Waals surface area contributed by atoms with Crippen molar-refractivity contribution in [2.45, 2.75) is 17.7 Å². The van der Waals surface area contributed by atoms with E-state index in [0.29, 0.717) is 5.69 Å². The molecule has 0 radical (unpaired) electrons. The standard InChI is InChI=1S/C13H16N4O2S/c1-17-9-11(8-15-17)16-20(18,19)12-5-4-10-3-2-6-14-13(10)7-12/h4-5,7-9,14,16H,2-3,6H2,1H3. The summed E-state index contributed by atoms with van der Waals surface area (Å²) in [5, 5.41) is 7.18. The number of nitrogens with one attached hydrogen (secondary N) is 2. The van der Waals surface area contributed by atoms with Crippen molar-refractivity contribution in [1.29, 1.82) is 0 Å². The summed E-state index contributed by atoms with van der Waals surface area (Å²) in [6, 6.07) is 5.21. The molecule has 1 aromatic carbocycles. The summed E-state index contributed by atoms with van der Waals surface area (Å²) in [4.78, 5) is 0.259. The van der Waals surface area contributed by atoms with Gasteiger partial charge in [-0.3, -0.25) is 9.40 Å². The predicted octanol–water partition coefficient (Wildman–Crippen LogP) is 1.58. The number of aryl methyl sites for hydroxylation is 2. The van der Waals surface area contributed by atoms with Crippen LogP contribution in [0.5, 0.6) is 0 Å². The lowest BCUT2D eigenvalue weighted by molar-refractivity contribution is 0.601. The first-order chi connectivity index (χ1) is 9.54. The minimum Gasteiger partial charge on any atom is -0.385 e. The van der Waals surface area contributed by atoms with E-state index in [-0.39, 0.29) is 4.90 Å². The Kier molecular flexibility index (Phi) is 3.13. The van der Waals surface area contributed by atoms with Gasteiger partial charge < -0.3 is 5.32 Å². The molecule has 2 N–H and O–H groups in total. The second-order valence-electron chi connectivity index (χ2n) is 4.86. The molecule has 6 nitrogen and oxygen atoms in total. The maximum absolute atomic E-state index is 12.3. The van der Waals surface area contributed by atoms with Crippen molar-refractivity contribution in [1.82, 2.24) is 9.78 Å². The molecule has 2 heterocycles. The Hall–Kier alpha value is -2.02. The van der Waals surface area contributed by atoms with Crippen LogP contribution in [0.25, 0.3) is 0 Å². The fraction of sp³-hybridized carbons (Fsp3) is 0.308. The number of benzene rings is 1. The second-order valence-corrected chi connectivity index (χ2v) is 6.54. The Labute approximate surface area is 117 Å². The lowest BCUT2D eigenvalue weighted by Crippen LogP contribution is -2.16. The van der Waals surface area contributed by atoms with Crippen LogP contribution in [0.3, 0.4) is 0 Å². The fourth-order valence-electron chi connectivity index (χ4n) is 2.30. The minimum atomic E-state index is -3.58. The zero-order valence-corrected chi connectivity index (χ0v) is 11.9. The molecule has 0 saturated carbocycles. The number of aromatic nitrogens is 2. The van der Waals surface area contributed by atoms with Gasteiger partial charge in [0.05, 0.1) is 16.8 Å². The largest absolute Gasteiger partial charge is 0.385 e. The summed E-state index contributed by atoms with van der Waals surface area (Å²) in [7, 11) is -1.84. The van der Waals surface area contributed by atoms with Crippen molar-refractivity contribution < 1.29 is 8.42 Å². The van der Waals surface area contributed by atoms with Crippen LogP contribution in [0.4, 0.5) is 11.4 Å². The van der Waals surface area contributed by atoms with Gasteiger partial charge in [0.25, 0.3) is 10.0 Å². The van der Waals surface area contributed by atoms with Crippen LogP contribution in [-0.4, -0.2) is 24.7 Å². The molecule has 0 spiro atoms. The highest BCUT2D eigenvalue weighted by atomic mass is 32.2. The summed E-state index contributed by atoms with van der Waals surface area (Å²) in [5.41, 5.74) is 2.53. The van der Waals surface area contributed by atoms with E-state index in [0.717, 1.165) is 30.6 Å². The molecule has 0 atom stereocenters. The molecule has 0 bridgehead atoms. The summed E-state index contributed by atoms with van der Waals surface area (Å²) < 4.78 is 28.7. The molecule has 3 rings (SSSR count). The molecule has 0 saturated heterocycles. The van der Waals surface area contributed by atoms with Crippen LogP contribution >= 0.6 is 0 Å². The van der Waals surface area contributed by atoms with E-state index in [1.165, 1.54) is 6.20 Å². The van der Waals surface area contributed by atoms with Crippen molar-refractivity contribution >= 4 is 21.4 Å². The third-order valence-electron chi connectivity index (χ3n) is 3.29. The number of rotatable bonds is 3. The van der Waals surface area contributed by atoms with Gasteiger partial charge in [-0.1, -0.05) is 6.07 Å². The third kappa shape index (κ3) is 2.49. The molecule has 1 aromatic heterocycles. The topological polar surface area (TPSA) is 76.0 Å². The van der Waals surface area contributed by atoms with Crippen LogP contribution in [0.2, 0.25) is 0 Å². The van der Waals surface area contributed by atoms with Crippen molar-refractivity contribution in [3.63, 3.8) is 0 Å². The Morgan fingerprint density at radius 2 is 2.25 bits per heavy atom. The summed E-state index contributed by atoms with van der Waals surface area (Å²) in [5.74, 6) is 0. The van der Waals surface area contributed by atoms with E-state index >= 15 is 0 Å². The van der Waals surface area contributed by atoms with Gasteiger partial charge in [-0.2, -0.15) is 5.10 Å². The highest BCUT2D eigenvalue weighted by Crippen LogP contribution is 2.26. The van der Waals surface area contributed by atoms with E-state index in [9.17, 15) is 8.42 Å². The van der Waals surface area contributed by atoms with Crippen molar-refractivity contribution in [3.8, 4) is 0 Å². The molecule has 0 fully saturated rings. The first-order valence-electron chi connectivity index (χ1n) is 6.43. The Morgan fingerprint density at radius 3 is 3.00 bits per heavy atom. The van der Waals surface area contributed by atoms with Crippen LogP contribution in [0, 0.1) is 0 Å². The third-order valence-corrected chi connectivity index (χ3v) is 4.67. The quantitative estimate of drug-likeness (QED) is 0.900. The molecule has 0 aliphatic carbocycles. The molecule has 1 aliphatic heterocycles. The number of hydrogen-bond donors (Lipinski definition) is 2. The summed E-state index contributed by atoms with van der Waals surface area (Å²) >= 11 is 0. The molecule has 106 valence electrons. The molecule has 20 heavy (non-hydrogen) atoms. The van der Waals surface area contributed by atoms with Gasteiger partial charge in [0.15, 0.2) is 0 Å². The number of sulfonamides is 1. The summed E-state index contributed by atoms with van der Waals surface area (Å²) in [6.45, 7) is 0.881. The van der Waals surface area contributed by atoms with Gasteiger partial charge in [0.2, 0.25) is 0 Å². The molecule has 0 amide bonds. The zero-order chi connectivity index (χ0) is 14.2. The lowest BCUT2D eigenvalue weighted by atomic mass is 10.0. The molecule has 0 unspecified atom stereocenters. The highest BCUT2D eigenvalue weighted by molar-refractivity contribution is 7.92. The van der Waals surface area contributed by atoms with Crippen LogP contribution < -0.4 is 10.0 Å². The van der Waals surface area contributed by atoms with E-state index in [2.05, 4.69) is 15.1 Å². The monoisotopic (exact) mass is 292 g/mol. The number of hydrogen-bond acceptors (Lipinski definition) is 4. The molecule has 7 heteroatoms. The Bertz CT molecular complexity index is 737. The number of nitrogens with zero attached hydrogens (tertiary/aromatic N) is 2. The van der Waals surface area contributed by atoms with Gasteiger partial charge >= 0.3 is 0 Å². The van der Waals surface area contributed by atoms with Crippen molar-refractivity contribution in [3.05, 3.63) is 36.2 Å². The normalized spacial score (nSPS) is 14.4.